The first-order chi connectivity index (χ1) is 13.1. The molecular formula is C22H23FN2O2. The zero-order valence-corrected chi connectivity index (χ0v) is 15.2. The van der Waals surface area contributed by atoms with Crippen molar-refractivity contribution >= 4 is 11.8 Å². The van der Waals surface area contributed by atoms with Crippen molar-refractivity contribution in [2.75, 3.05) is 13.1 Å². The van der Waals surface area contributed by atoms with Crippen molar-refractivity contribution in [1.82, 2.24) is 10.2 Å². The van der Waals surface area contributed by atoms with E-state index in [-0.39, 0.29) is 23.7 Å². The van der Waals surface area contributed by atoms with Gasteiger partial charge in [-0.3, -0.25) is 9.59 Å². The minimum Gasteiger partial charge on any atom is -0.345 e. The van der Waals surface area contributed by atoms with Gasteiger partial charge in [0.1, 0.15) is 5.82 Å². The minimum absolute atomic E-state index is 0.0707. The molecule has 4 rings (SSSR count). The first-order valence-corrected chi connectivity index (χ1v) is 9.53. The average Bonchev–Trinajstić information content (AvgIpc) is 3.00. The number of fused-ring (bicyclic) bond motifs is 1. The van der Waals surface area contributed by atoms with Crippen LogP contribution in [0.5, 0.6) is 0 Å². The topological polar surface area (TPSA) is 49.4 Å². The van der Waals surface area contributed by atoms with Gasteiger partial charge in [-0.2, -0.15) is 0 Å². The summed E-state index contributed by atoms with van der Waals surface area (Å²) in [4.78, 5) is 26.6. The van der Waals surface area contributed by atoms with E-state index in [0.717, 1.165) is 30.4 Å². The van der Waals surface area contributed by atoms with Gasteiger partial charge < -0.3 is 10.2 Å². The molecule has 5 heteroatoms. The lowest BCUT2D eigenvalue weighted by atomic mass is 9.89. The highest BCUT2D eigenvalue weighted by molar-refractivity contribution is 5.99. The number of nitrogens with zero attached hydrogens (tertiary/aromatic N) is 1. The summed E-state index contributed by atoms with van der Waals surface area (Å²) < 4.78 is 13.8. The second kappa shape index (κ2) is 7.51. The highest BCUT2D eigenvalue weighted by atomic mass is 19.1. The Morgan fingerprint density at radius 3 is 2.56 bits per heavy atom. The van der Waals surface area contributed by atoms with Gasteiger partial charge in [0.2, 0.25) is 5.91 Å². The molecule has 0 bridgehead atoms. The van der Waals surface area contributed by atoms with E-state index >= 15 is 0 Å². The Kier molecular flexibility index (Phi) is 4.92. The molecule has 0 spiro atoms. The Hall–Kier alpha value is -2.69. The maximum atomic E-state index is 13.8. The molecular weight excluding hydrogens is 343 g/mol. The van der Waals surface area contributed by atoms with E-state index in [1.165, 1.54) is 6.07 Å². The maximum absolute atomic E-state index is 13.8. The molecule has 0 aromatic heterocycles. The highest BCUT2D eigenvalue weighted by Gasteiger charge is 2.32. The molecule has 2 aliphatic heterocycles. The zero-order valence-electron chi connectivity index (χ0n) is 15.2. The third-order valence-corrected chi connectivity index (χ3v) is 5.70. The number of carbonyl (C=O) groups excluding carboxylic acids is 2. The van der Waals surface area contributed by atoms with E-state index < -0.39 is 0 Å². The fourth-order valence-electron chi connectivity index (χ4n) is 4.15. The molecule has 0 unspecified atom stereocenters. The van der Waals surface area contributed by atoms with E-state index in [1.54, 1.807) is 12.1 Å². The predicted molar refractivity (Wildman–Crippen MR) is 101 cm³/mol. The van der Waals surface area contributed by atoms with Crippen molar-refractivity contribution < 1.29 is 14.0 Å². The van der Waals surface area contributed by atoms with Crippen LogP contribution >= 0.6 is 0 Å². The lowest BCUT2D eigenvalue weighted by Crippen LogP contribution is -2.40. The molecule has 1 N–H and O–H groups in total. The Balaban J connectivity index is 1.32. The van der Waals surface area contributed by atoms with Gasteiger partial charge in [-0.15, -0.1) is 0 Å². The molecule has 0 saturated carbocycles. The van der Waals surface area contributed by atoms with Crippen LogP contribution in [0.1, 0.15) is 46.8 Å². The molecule has 2 heterocycles. The maximum Gasteiger partial charge on any atom is 0.252 e. The molecule has 140 valence electrons. The molecule has 0 aliphatic carbocycles. The average molecular weight is 366 g/mol. The van der Waals surface area contributed by atoms with Crippen LogP contribution in [0.2, 0.25) is 0 Å². The number of amides is 2. The fourth-order valence-corrected chi connectivity index (χ4v) is 4.15. The Morgan fingerprint density at radius 2 is 1.78 bits per heavy atom. The summed E-state index contributed by atoms with van der Waals surface area (Å²) in [5.74, 6) is 0.220. The first kappa shape index (κ1) is 17.7. The number of halogens is 1. The molecule has 27 heavy (non-hydrogen) atoms. The minimum atomic E-state index is -0.239. The van der Waals surface area contributed by atoms with E-state index in [1.807, 2.05) is 35.2 Å². The smallest absolute Gasteiger partial charge is 0.252 e. The molecule has 2 aliphatic rings. The van der Waals surface area contributed by atoms with Crippen LogP contribution in [-0.2, 0) is 11.2 Å². The van der Waals surface area contributed by atoms with Gasteiger partial charge in [0.05, 0.1) is 12.5 Å². The summed E-state index contributed by atoms with van der Waals surface area (Å²) in [5, 5.41) is 2.91. The molecule has 1 fully saturated rings. The second-order valence-corrected chi connectivity index (χ2v) is 7.44. The normalized spacial score (nSPS) is 19.7. The van der Waals surface area contributed by atoms with Gasteiger partial charge in [0.25, 0.3) is 5.91 Å². The number of hydrogen-bond acceptors (Lipinski definition) is 2. The van der Waals surface area contributed by atoms with Gasteiger partial charge in [-0.1, -0.05) is 36.4 Å². The molecule has 2 aromatic rings. The monoisotopic (exact) mass is 366 g/mol. The number of hydrogen-bond donors (Lipinski definition) is 1. The summed E-state index contributed by atoms with van der Waals surface area (Å²) >= 11 is 0. The summed E-state index contributed by atoms with van der Waals surface area (Å²) in [6.45, 7) is 1.39. The highest BCUT2D eigenvalue weighted by Crippen LogP contribution is 2.29. The zero-order chi connectivity index (χ0) is 18.8. The lowest BCUT2D eigenvalue weighted by molar-refractivity contribution is -0.133. The summed E-state index contributed by atoms with van der Waals surface area (Å²) in [7, 11) is 0. The molecule has 4 nitrogen and oxygen atoms in total. The first-order valence-electron chi connectivity index (χ1n) is 9.53. The van der Waals surface area contributed by atoms with Gasteiger partial charge >= 0.3 is 0 Å². The summed E-state index contributed by atoms with van der Waals surface area (Å²) in [5.41, 5.74) is 2.33. The molecule has 1 saturated heterocycles. The van der Waals surface area contributed by atoms with Crippen molar-refractivity contribution in [3.05, 3.63) is 71.0 Å². The standard InChI is InChI=1S/C22H23FN2O2/c23-19-8-4-1-5-16(19)13-15-9-11-25(12-10-15)21(26)14-20-17-6-2-3-7-18(17)22(27)24-20/h1-8,15,20H,9-14H2,(H,24,27)/t20-/m0/s1. The molecule has 1 atom stereocenters. The predicted octanol–water partition coefficient (Wildman–Crippen LogP) is 3.48. The van der Waals surface area contributed by atoms with Crippen LogP contribution in [0.3, 0.4) is 0 Å². The van der Waals surface area contributed by atoms with Crippen molar-refractivity contribution in [3.63, 3.8) is 0 Å². The van der Waals surface area contributed by atoms with Crippen LogP contribution in [0.25, 0.3) is 0 Å². The number of piperidine rings is 1. The van der Waals surface area contributed by atoms with Gasteiger partial charge in [0, 0.05) is 18.7 Å². The molecule has 2 amide bonds. The van der Waals surface area contributed by atoms with Crippen LogP contribution in [0.15, 0.2) is 48.5 Å². The Morgan fingerprint density at radius 1 is 1.07 bits per heavy atom. The SMILES string of the molecule is O=C1N[C@@H](CC(=O)N2CCC(Cc3ccccc3F)CC2)c2ccccc21. The van der Waals surface area contributed by atoms with Crippen molar-refractivity contribution in [2.45, 2.75) is 31.7 Å². The van der Waals surface area contributed by atoms with Crippen molar-refractivity contribution in [1.29, 1.82) is 0 Å². The third-order valence-electron chi connectivity index (χ3n) is 5.70. The third kappa shape index (κ3) is 3.72. The van der Waals surface area contributed by atoms with Crippen molar-refractivity contribution in [2.24, 2.45) is 5.92 Å². The summed E-state index contributed by atoms with van der Waals surface area (Å²) in [6, 6.07) is 14.1. The van der Waals surface area contributed by atoms with Crippen LogP contribution in [0, 0.1) is 11.7 Å². The van der Waals surface area contributed by atoms with Gasteiger partial charge in [-0.25, -0.2) is 4.39 Å². The number of benzene rings is 2. The van der Waals surface area contributed by atoms with Gasteiger partial charge in [0.15, 0.2) is 0 Å². The Labute approximate surface area is 158 Å². The number of nitrogens with one attached hydrogen (secondary N) is 1. The fraction of sp³-hybridized carbons (Fsp3) is 0.364. The van der Waals surface area contributed by atoms with E-state index in [2.05, 4.69) is 5.32 Å². The quantitative estimate of drug-likeness (QED) is 0.901. The Bertz CT molecular complexity index is 859. The van der Waals surface area contributed by atoms with Crippen LogP contribution in [-0.4, -0.2) is 29.8 Å². The van der Waals surface area contributed by atoms with Crippen LogP contribution < -0.4 is 5.32 Å². The van der Waals surface area contributed by atoms with E-state index in [4.69, 9.17) is 0 Å². The largest absolute Gasteiger partial charge is 0.345 e. The van der Waals surface area contributed by atoms with Gasteiger partial charge in [-0.05, 0) is 48.4 Å². The van der Waals surface area contributed by atoms with Crippen molar-refractivity contribution in [3.8, 4) is 0 Å². The lowest BCUT2D eigenvalue weighted by Gasteiger charge is -2.33. The number of likely N-dealkylation sites (tertiary alicyclic amines) is 1. The molecule has 0 radical (unpaired) electrons. The van der Waals surface area contributed by atoms with Crippen LogP contribution in [0.4, 0.5) is 4.39 Å². The van der Waals surface area contributed by atoms with E-state index in [9.17, 15) is 14.0 Å². The van der Waals surface area contributed by atoms with E-state index in [0.29, 0.717) is 31.0 Å². The summed E-state index contributed by atoms with van der Waals surface area (Å²) in [6.07, 6.45) is 2.78. The second-order valence-electron chi connectivity index (χ2n) is 7.44. The number of carbonyl (C=O) groups is 2. The number of rotatable bonds is 4. The molecule has 2 aromatic carbocycles.